The molecular formula is C11H12Br4O2. The van der Waals surface area contributed by atoms with Crippen molar-refractivity contribution in [1.29, 1.82) is 0 Å². The Morgan fingerprint density at radius 3 is 1.82 bits per heavy atom. The van der Waals surface area contributed by atoms with Gasteiger partial charge < -0.3 is 9.47 Å². The van der Waals surface area contributed by atoms with E-state index in [1.165, 1.54) is 0 Å². The van der Waals surface area contributed by atoms with E-state index in [1.54, 1.807) is 0 Å². The fourth-order valence-electron chi connectivity index (χ4n) is 1.12. The largest absolute Gasteiger partial charge is 0.492 e. The lowest BCUT2D eigenvalue weighted by Crippen LogP contribution is -2.01. The van der Waals surface area contributed by atoms with Crippen LogP contribution < -0.4 is 9.47 Å². The highest BCUT2D eigenvalue weighted by Crippen LogP contribution is 2.36. The molecule has 0 amide bonds. The SMILES string of the molecule is BrCCCOc1cc(Br)c(OCCBr)cc1Br. The van der Waals surface area contributed by atoms with Crippen LogP contribution >= 0.6 is 63.7 Å². The van der Waals surface area contributed by atoms with E-state index in [-0.39, 0.29) is 0 Å². The van der Waals surface area contributed by atoms with E-state index in [0.29, 0.717) is 13.2 Å². The van der Waals surface area contributed by atoms with Crippen molar-refractivity contribution in [2.24, 2.45) is 0 Å². The van der Waals surface area contributed by atoms with Gasteiger partial charge in [0.15, 0.2) is 0 Å². The Bertz CT molecular complexity index is 358. The molecule has 0 N–H and O–H groups in total. The summed E-state index contributed by atoms with van der Waals surface area (Å²) in [5.41, 5.74) is 0. The van der Waals surface area contributed by atoms with Crippen LogP contribution in [0.1, 0.15) is 6.42 Å². The molecular weight excluding hydrogens is 484 g/mol. The Morgan fingerprint density at radius 2 is 1.35 bits per heavy atom. The predicted molar refractivity (Wildman–Crippen MR) is 85.0 cm³/mol. The average Bonchev–Trinajstić information content (AvgIpc) is 2.31. The van der Waals surface area contributed by atoms with E-state index < -0.39 is 0 Å². The molecule has 1 rings (SSSR count). The number of hydrogen-bond acceptors (Lipinski definition) is 2. The summed E-state index contributed by atoms with van der Waals surface area (Å²) in [4.78, 5) is 0. The first-order valence-corrected chi connectivity index (χ1v) is 8.88. The summed E-state index contributed by atoms with van der Waals surface area (Å²) in [6, 6.07) is 3.83. The van der Waals surface area contributed by atoms with Gasteiger partial charge in [0, 0.05) is 10.7 Å². The van der Waals surface area contributed by atoms with Crippen LogP contribution in [0.25, 0.3) is 0 Å². The van der Waals surface area contributed by atoms with Gasteiger partial charge in [0.05, 0.1) is 22.2 Å². The summed E-state index contributed by atoms with van der Waals surface area (Å²) in [6.45, 7) is 1.33. The van der Waals surface area contributed by atoms with Crippen molar-refractivity contribution < 1.29 is 9.47 Å². The Morgan fingerprint density at radius 1 is 0.824 bits per heavy atom. The molecule has 1 aromatic carbocycles. The Labute approximate surface area is 135 Å². The van der Waals surface area contributed by atoms with E-state index in [9.17, 15) is 0 Å². The average molecular weight is 496 g/mol. The van der Waals surface area contributed by atoms with Crippen LogP contribution in [0.3, 0.4) is 0 Å². The maximum absolute atomic E-state index is 5.65. The van der Waals surface area contributed by atoms with Crippen LogP contribution in [-0.2, 0) is 0 Å². The molecule has 96 valence electrons. The number of rotatable bonds is 7. The third-order valence-electron chi connectivity index (χ3n) is 1.86. The second kappa shape index (κ2) is 8.77. The normalized spacial score (nSPS) is 10.4. The molecule has 0 heterocycles. The highest BCUT2D eigenvalue weighted by molar-refractivity contribution is 9.11. The maximum atomic E-state index is 5.65. The van der Waals surface area contributed by atoms with Gasteiger partial charge in [-0.3, -0.25) is 0 Å². The molecule has 1 aromatic rings. The summed E-state index contributed by atoms with van der Waals surface area (Å²) in [6.07, 6.45) is 0.978. The Balaban J connectivity index is 2.71. The molecule has 0 aliphatic heterocycles. The van der Waals surface area contributed by atoms with E-state index in [2.05, 4.69) is 63.7 Å². The number of ether oxygens (including phenoxy) is 2. The van der Waals surface area contributed by atoms with Gasteiger partial charge in [-0.15, -0.1) is 0 Å². The van der Waals surface area contributed by atoms with Gasteiger partial charge in [-0.05, 0) is 50.4 Å². The van der Waals surface area contributed by atoms with Crippen molar-refractivity contribution in [1.82, 2.24) is 0 Å². The number of alkyl halides is 2. The van der Waals surface area contributed by atoms with Crippen LogP contribution in [0, 0.1) is 0 Å². The van der Waals surface area contributed by atoms with Gasteiger partial charge in [-0.25, -0.2) is 0 Å². The van der Waals surface area contributed by atoms with Gasteiger partial charge >= 0.3 is 0 Å². The highest BCUT2D eigenvalue weighted by Gasteiger charge is 2.08. The molecule has 0 aliphatic carbocycles. The second-order valence-corrected chi connectivity index (χ2v) is 6.44. The third-order valence-corrected chi connectivity index (χ3v) is 3.98. The molecule has 0 fully saturated rings. The molecule has 0 radical (unpaired) electrons. The van der Waals surface area contributed by atoms with E-state index in [4.69, 9.17) is 9.47 Å². The molecule has 17 heavy (non-hydrogen) atoms. The van der Waals surface area contributed by atoms with Gasteiger partial charge in [0.1, 0.15) is 11.5 Å². The molecule has 0 saturated carbocycles. The number of halogens is 4. The van der Waals surface area contributed by atoms with Crippen LogP contribution in [0.5, 0.6) is 11.5 Å². The number of benzene rings is 1. The van der Waals surface area contributed by atoms with Gasteiger partial charge in [-0.2, -0.15) is 0 Å². The monoisotopic (exact) mass is 492 g/mol. The first-order chi connectivity index (χ1) is 8.19. The molecule has 0 atom stereocenters. The fourth-order valence-corrected chi connectivity index (χ4v) is 2.38. The van der Waals surface area contributed by atoms with Crippen molar-refractivity contribution in [3.63, 3.8) is 0 Å². The first-order valence-electron chi connectivity index (χ1n) is 5.05. The first kappa shape index (κ1) is 15.8. The summed E-state index contributed by atoms with van der Waals surface area (Å²) in [7, 11) is 0. The van der Waals surface area contributed by atoms with Crippen LogP contribution in [-0.4, -0.2) is 23.9 Å². The Kier molecular flexibility index (Phi) is 8.15. The fraction of sp³-hybridized carbons (Fsp3) is 0.455. The zero-order valence-corrected chi connectivity index (χ0v) is 15.4. The summed E-state index contributed by atoms with van der Waals surface area (Å²) in [5.74, 6) is 1.63. The number of hydrogen-bond donors (Lipinski definition) is 0. The summed E-state index contributed by atoms with van der Waals surface area (Å²) in [5, 5.41) is 1.75. The standard InChI is InChI=1S/C11H12Br4O2/c12-2-1-4-16-10-6-9(15)11(7-8(10)14)17-5-3-13/h6-7H,1-5H2. The van der Waals surface area contributed by atoms with E-state index in [0.717, 1.165) is 37.5 Å². The zero-order valence-electron chi connectivity index (χ0n) is 9.02. The van der Waals surface area contributed by atoms with Gasteiger partial charge in [0.25, 0.3) is 0 Å². The minimum Gasteiger partial charge on any atom is -0.492 e. The van der Waals surface area contributed by atoms with Crippen LogP contribution in [0.4, 0.5) is 0 Å². The van der Waals surface area contributed by atoms with Crippen LogP contribution in [0.15, 0.2) is 21.1 Å². The van der Waals surface area contributed by atoms with Crippen molar-refractivity contribution in [2.45, 2.75) is 6.42 Å². The van der Waals surface area contributed by atoms with E-state index >= 15 is 0 Å². The highest BCUT2D eigenvalue weighted by atomic mass is 79.9. The minimum atomic E-state index is 0.634. The molecule has 0 unspecified atom stereocenters. The second-order valence-electron chi connectivity index (χ2n) is 3.14. The summed E-state index contributed by atoms with van der Waals surface area (Å²) >= 11 is 13.6. The molecule has 6 heteroatoms. The Hall–Kier alpha value is 0.740. The topological polar surface area (TPSA) is 18.5 Å². The van der Waals surface area contributed by atoms with Crippen molar-refractivity contribution in [3.05, 3.63) is 21.1 Å². The quantitative estimate of drug-likeness (QED) is 0.385. The lowest BCUT2D eigenvalue weighted by Gasteiger charge is -2.12. The summed E-state index contributed by atoms with van der Waals surface area (Å²) < 4.78 is 13.0. The van der Waals surface area contributed by atoms with E-state index in [1.807, 2.05) is 12.1 Å². The lowest BCUT2D eigenvalue weighted by atomic mass is 10.3. The molecule has 2 nitrogen and oxygen atoms in total. The molecule has 0 spiro atoms. The zero-order chi connectivity index (χ0) is 12.7. The van der Waals surface area contributed by atoms with Gasteiger partial charge in [0.2, 0.25) is 0 Å². The van der Waals surface area contributed by atoms with Crippen molar-refractivity contribution in [3.8, 4) is 11.5 Å². The smallest absolute Gasteiger partial charge is 0.134 e. The minimum absolute atomic E-state index is 0.634. The molecule has 0 aliphatic rings. The van der Waals surface area contributed by atoms with Crippen LogP contribution in [0.2, 0.25) is 0 Å². The molecule has 0 bridgehead atoms. The van der Waals surface area contributed by atoms with Gasteiger partial charge in [-0.1, -0.05) is 31.9 Å². The maximum Gasteiger partial charge on any atom is 0.134 e. The lowest BCUT2D eigenvalue weighted by molar-refractivity contribution is 0.313. The van der Waals surface area contributed by atoms with Crippen molar-refractivity contribution >= 4 is 63.7 Å². The molecule has 0 saturated heterocycles. The van der Waals surface area contributed by atoms with Crippen molar-refractivity contribution in [2.75, 3.05) is 23.9 Å². The molecule has 0 aromatic heterocycles. The third kappa shape index (κ3) is 5.49. The predicted octanol–water partition coefficient (Wildman–Crippen LogP) is 5.15.